The normalized spacial score (nSPS) is 17.7. The number of benzene rings is 1. The van der Waals surface area contributed by atoms with Crippen molar-refractivity contribution >= 4 is 28.6 Å². The quantitative estimate of drug-likeness (QED) is 0.803. The number of amides is 1. The molecule has 6 nitrogen and oxygen atoms in total. The maximum atomic E-state index is 12.2. The van der Waals surface area contributed by atoms with Crippen LogP contribution in [0.3, 0.4) is 0 Å². The fraction of sp³-hybridized carbons (Fsp3) is 0.176. The first-order chi connectivity index (χ1) is 11.3. The minimum atomic E-state index is 0.0318. The van der Waals surface area contributed by atoms with Crippen LogP contribution in [0.4, 0.5) is 11.5 Å². The van der Waals surface area contributed by atoms with E-state index in [1.54, 1.807) is 17.3 Å². The second-order valence-corrected chi connectivity index (χ2v) is 5.48. The summed E-state index contributed by atoms with van der Waals surface area (Å²) in [5.41, 5.74) is 2.28. The van der Waals surface area contributed by atoms with Gasteiger partial charge in [0, 0.05) is 31.0 Å². The SMILES string of the molecule is O=C1CC(Nc2ccc3nccnc3n2)CN1c1ccccc1. The Hall–Kier alpha value is -3.02. The molecule has 1 unspecified atom stereocenters. The van der Waals surface area contributed by atoms with Gasteiger partial charge in [-0.05, 0) is 24.3 Å². The topological polar surface area (TPSA) is 71.0 Å². The van der Waals surface area contributed by atoms with E-state index in [0.29, 0.717) is 24.4 Å². The van der Waals surface area contributed by atoms with Crippen LogP contribution in [0.25, 0.3) is 11.2 Å². The van der Waals surface area contributed by atoms with Gasteiger partial charge in [-0.2, -0.15) is 0 Å². The van der Waals surface area contributed by atoms with Gasteiger partial charge in [0.25, 0.3) is 0 Å². The number of nitrogens with one attached hydrogen (secondary N) is 1. The lowest BCUT2D eigenvalue weighted by atomic mass is 10.2. The third-order valence-electron chi connectivity index (χ3n) is 3.88. The van der Waals surface area contributed by atoms with Crippen molar-refractivity contribution in [3.63, 3.8) is 0 Å². The molecule has 23 heavy (non-hydrogen) atoms. The molecular weight excluding hydrogens is 290 g/mol. The van der Waals surface area contributed by atoms with Crippen LogP contribution in [0.15, 0.2) is 54.9 Å². The molecule has 0 spiro atoms. The fourth-order valence-electron chi connectivity index (χ4n) is 2.81. The summed E-state index contributed by atoms with van der Waals surface area (Å²) in [7, 11) is 0. The number of pyridine rings is 1. The highest BCUT2D eigenvalue weighted by Crippen LogP contribution is 2.23. The standard InChI is InChI=1S/C17H15N5O/c23-16-10-12(11-22(16)13-4-2-1-3-5-13)20-15-7-6-14-17(21-15)19-9-8-18-14/h1-9,12H,10-11H2,(H,19,20,21). The number of aromatic nitrogens is 3. The molecule has 1 fully saturated rings. The average molecular weight is 305 g/mol. The molecule has 3 heterocycles. The predicted octanol–water partition coefficient (Wildman–Crippen LogP) is 2.24. The molecule has 0 bridgehead atoms. The fourth-order valence-corrected chi connectivity index (χ4v) is 2.81. The molecule has 6 heteroatoms. The lowest BCUT2D eigenvalue weighted by Crippen LogP contribution is -2.27. The highest BCUT2D eigenvalue weighted by Gasteiger charge is 2.30. The minimum absolute atomic E-state index is 0.0318. The Morgan fingerprint density at radius 1 is 1.04 bits per heavy atom. The number of carbonyl (C=O) groups excluding carboxylic acids is 1. The summed E-state index contributed by atoms with van der Waals surface area (Å²) < 4.78 is 0. The van der Waals surface area contributed by atoms with Gasteiger partial charge in [0.05, 0.1) is 6.04 Å². The van der Waals surface area contributed by atoms with Gasteiger partial charge < -0.3 is 10.2 Å². The second kappa shape index (κ2) is 5.64. The summed E-state index contributed by atoms with van der Waals surface area (Å²) in [5.74, 6) is 0.833. The van der Waals surface area contributed by atoms with Crippen molar-refractivity contribution in [2.24, 2.45) is 0 Å². The highest BCUT2D eigenvalue weighted by atomic mass is 16.2. The molecule has 2 aromatic heterocycles. The Morgan fingerprint density at radius 2 is 1.87 bits per heavy atom. The lowest BCUT2D eigenvalue weighted by molar-refractivity contribution is -0.117. The van der Waals surface area contributed by atoms with E-state index in [2.05, 4.69) is 20.3 Å². The monoisotopic (exact) mass is 305 g/mol. The smallest absolute Gasteiger partial charge is 0.229 e. The zero-order chi connectivity index (χ0) is 15.6. The van der Waals surface area contributed by atoms with Gasteiger partial charge in [-0.15, -0.1) is 0 Å². The van der Waals surface area contributed by atoms with E-state index in [1.165, 1.54) is 0 Å². The van der Waals surface area contributed by atoms with Crippen LogP contribution in [-0.2, 0) is 4.79 Å². The molecule has 1 aromatic carbocycles. The van der Waals surface area contributed by atoms with Crippen molar-refractivity contribution in [3.05, 3.63) is 54.9 Å². The van der Waals surface area contributed by atoms with E-state index in [4.69, 9.17) is 0 Å². The van der Waals surface area contributed by atoms with E-state index >= 15 is 0 Å². The molecular formula is C17H15N5O. The molecule has 1 amide bonds. The van der Waals surface area contributed by atoms with Crippen LogP contribution in [0.1, 0.15) is 6.42 Å². The van der Waals surface area contributed by atoms with Gasteiger partial charge in [-0.1, -0.05) is 18.2 Å². The number of fused-ring (bicyclic) bond motifs is 1. The second-order valence-electron chi connectivity index (χ2n) is 5.48. The number of carbonyl (C=O) groups is 1. The Kier molecular flexibility index (Phi) is 3.34. The molecule has 1 aliphatic heterocycles. The molecule has 0 aliphatic carbocycles. The maximum absolute atomic E-state index is 12.2. The molecule has 3 aromatic rings. The number of para-hydroxylation sites is 1. The van der Waals surface area contributed by atoms with Gasteiger partial charge in [-0.25, -0.2) is 9.97 Å². The lowest BCUT2D eigenvalue weighted by Gasteiger charge is -2.17. The summed E-state index contributed by atoms with van der Waals surface area (Å²) in [6, 6.07) is 13.5. The zero-order valence-corrected chi connectivity index (χ0v) is 12.4. The van der Waals surface area contributed by atoms with Gasteiger partial charge in [0.1, 0.15) is 11.3 Å². The Labute approximate surface area is 133 Å². The first kappa shape index (κ1) is 13.6. The zero-order valence-electron chi connectivity index (χ0n) is 12.4. The third-order valence-corrected chi connectivity index (χ3v) is 3.88. The van der Waals surface area contributed by atoms with Crippen molar-refractivity contribution in [2.45, 2.75) is 12.5 Å². The number of hydrogen-bond acceptors (Lipinski definition) is 5. The van der Waals surface area contributed by atoms with Gasteiger partial charge in [0.2, 0.25) is 5.91 Å². The van der Waals surface area contributed by atoms with E-state index < -0.39 is 0 Å². The van der Waals surface area contributed by atoms with Crippen LogP contribution in [0.2, 0.25) is 0 Å². The van der Waals surface area contributed by atoms with Gasteiger partial charge in [-0.3, -0.25) is 9.78 Å². The largest absolute Gasteiger partial charge is 0.365 e. The van der Waals surface area contributed by atoms with Crippen LogP contribution in [0.5, 0.6) is 0 Å². The van der Waals surface area contributed by atoms with Crippen LogP contribution in [0, 0.1) is 0 Å². The van der Waals surface area contributed by atoms with Crippen LogP contribution < -0.4 is 10.2 Å². The summed E-state index contributed by atoms with van der Waals surface area (Å²) in [6.45, 7) is 0.628. The molecule has 4 rings (SSSR count). The maximum Gasteiger partial charge on any atom is 0.229 e. The molecule has 1 aliphatic rings. The summed E-state index contributed by atoms with van der Waals surface area (Å²) in [5, 5.41) is 3.32. The molecule has 1 atom stereocenters. The predicted molar refractivity (Wildman–Crippen MR) is 88.2 cm³/mol. The van der Waals surface area contributed by atoms with E-state index in [1.807, 2.05) is 42.5 Å². The van der Waals surface area contributed by atoms with Crippen molar-refractivity contribution < 1.29 is 4.79 Å². The van der Waals surface area contributed by atoms with Crippen molar-refractivity contribution in [1.82, 2.24) is 15.0 Å². The molecule has 0 radical (unpaired) electrons. The molecule has 0 saturated carbocycles. The average Bonchev–Trinajstić information content (AvgIpc) is 2.96. The van der Waals surface area contributed by atoms with E-state index in [9.17, 15) is 4.79 Å². The minimum Gasteiger partial charge on any atom is -0.365 e. The first-order valence-corrected chi connectivity index (χ1v) is 7.49. The van der Waals surface area contributed by atoms with Crippen LogP contribution in [-0.4, -0.2) is 33.4 Å². The summed E-state index contributed by atoms with van der Waals surface area (Å²) in [4.78, 5) is 26.9. The third kappa shape index (κ3) is 2.70. The van der Waals surface area contributed by atoms with Gasteiger partial charge >= 0.3 is 0 Å². The van der Waals surface area contributed by atoms with Crippen molar-refractivity contribution in [2.75, 3.05) is 16.8 Å². The number of hydrogen-bond donors (Lipinski definition) is 1. The number of rotatable bonds is 3. The highest BCUT2D eigenvalue weighted by molar-refractivity contribution is 5.96. The van der Waals surface area contributed by atoms with E-state index in [-0.39, 0.29) is 11.9 Å². The van der Waals surface area contributed by atoms with Crippen LogP contribution >= 0.6 is 0 Å². The molecule has 1 saturated heterocycles. The first-order valence-electron chi connectivity index (χ1n) is 7.49. The summed E-state index contributed by atoms with van der Waals surface area (Å²) >= 11 is 0. The Balaban J connectivity index is 1.52. The van der Waals surface area contributed by atoms with E-state index in [0.717, 1.165) is 11.2 Å². The molecule has 114 valence electrons. The Bertz CT molecular complexity index is 852. The van der Waals surface area contributed by atoms with Gasteiger partial charge in [0.15, 0.2) is 5.65 Å². The summed E-state index contributed by atoms with van der Waals surface area (Å²) in [6.07, 6.45) is 3.72. The number of nitrogens with zero attached hydrogens (tertiary/aromatic N) is 4. The van der Waals surface area contributed by atoms with Crippen molar-refractivity contribution in [1.29, 1.82) is 0 Å². The van der Waals surface area contributed by atoms with Crippen molar-refractivity contribution in [3.8, 4) is 0 Å². The number of anilines is 2. The Morgan fingerprint density at radius 3 is 2.74 bits per heavy atom. The molecule has 1 N–H and O–H groups in total.